The Hall–Kier alpha value is -1.58. The summed E-state index contributed by atoms with van der Waals surface area (Å²) < 4.78 is 0. The van der Waals surface area contributed by atoms with Crippen LogP contribution in [0.25, 0.3) is 0 Å². The summed E-state index contributed by atoms with van der Waals surface area (Å²) in [7, 11) is 1.63. The Bertz CT molecular complexity index is 593. The lowest BCUT2D eigenvalue weighted by molar-refractivity contribution is -0.132. The van der Waals surface area contributed by atoms with Gasteiger partial charge in [0.15, 0.2) is 0 Å². The van der Waals surface area contributed by atoms with Gasteiger partial charge in [-0.15, -0.1) is 0 Å². The Morgan fingerprint density at radius 2 is 1.59 bits per heavy atom. The third kappa shape index (κ3) is 23.3. The van der Waals surface area contributed by atoms with Gasteiger partial charge in [0.1, 0.15) is 0 Å². The van der Waals surface area contributed by atoms with Crippen molar-refractivity contribution < 1.29 is 19.5 Å². The summed E-state index contributed by atoms with van der Waals surface area (Å²) in [6.45, 7) is 19.2. The SMILES string of the molecule is C/C(=C\[C@H](C(C)C)N(C)C(=O)CNC=O)C(=O)NCCO.CC(C)N1CCCCC1.CCC.CCSC. The molecule has 0 spiro atoms. The van der Waals surface area contributed by atoms with E-state index >= 15 is 0 Å². The Labute approximate surface area is 232 Å². The van der Waals surface area contributed by atoms with Gasteiger partial charge in [0.25, 0.3) is 0 Å². The second-order valence-corrected chi connectivity index (χ2v) is 10.7. The van der Waals surface area contributed by atoms with Gasteiger partial charge >= 0.3 is 0 Å². The highest BCUT2D eigenvalue weighted by Gasteiger charge is 2.22. The van der Waals surface area contributed by atoms with E-state index in [0.29, 0.717) is 12.0 Å². The van der Waals surface area contributed by atoms with Crippen LogP contribution in [0, 0.1) is 5.92 Å². The molecule has 1 aliphatic heterocycles. The van der Waals surface area contributed by atoms with E-state index in [1.54, 1.807) is 20.0 Å². The van der Waals surface area contributed by atoms with Gasteiger partial charge in [-0.25, -0.2) is 0 Å². The van der Waals surface area contributed by atoms with Crippen LogP contribution in [-0.4, -0.2) is 97.1 Å². The number of carbonyl (C=O) groups excluding carboxylic acids is 3. The van der Waals surface area contributed by atoms with Crippen molar-refractivity contribution in [3.63, 3.8) is 0 Å². The Morgan fingerprint density at radius 3 is 1.95 bits per heavy atom. The summed E-state index contributed by atoms with van der Waals surface area (Å²) in [6.07, 6.45) is 9.81. The molecule has 3 N–H and O–H groups in total. The zero-order valence-electron chi connectivity index (χ0n) is 25.4. The maximum atomic E-state index is 11.9. The Morgan fingerprint density at radius 1 is 1.08 bits per heavy atom. The van der Waals surface area contributed by atoms with Crippen LogP contribution < -0.4 is 10.6 Å². The fourth-order valence-electron chi connectivity index (χ4n) is 3.25. The molecule has 1 rings (SSSR count). The molecular formula is C28H58N4O4S. The first-order chi connectivity index (χ1) is 17.5. The number of carbonyl (C=O) groups is 3. The number of piperidine rings is 1. The van der Waals surface area contributed by atoms with E-state index in [4.69, 9.17) is 5.11 Å². The second kappa shape index (κ2) is 27.5. The minimum Gasteiger partial charge on any atom is -0.395 e. The molecule has 0 aliphatic carbocycles. The monoisotopic (exact) mass is 546 g/mol. The van der Waals surface area contributed by atoms with E-state index < -0.39 is 0 Å². The number of thioether (sulfide) groups is 1. The number of likely N-dealkylation sites (tertiary alicyclic amines) is 1. The summed E-state index contributed by atoms with van der Waals surface area (Å²) in [5, 5.41) is 13.6. The zero-order valence-corrected chi connectivity index (χ0v) is 26.2. The van der Waals surface area contributed by atoms with Crippen molar-refractivity contribution in [2.75, 3.05) is 51.8 Å². The minimum absolute atomic E-state index is 0.0766. The average Bonchev–Trinajstić information content (AvgIpc) is 2.89. The number of aliphatic hydroxyl groups excluding tert-OH is 1. The molecule has 1 aliphatic rings. The van der Waals surface area contributed by atoms with Crippen LogP contribution in [0.2, 0.25) is 0 Å². The van der Waals surface area contributed by atoms with Gasteiger partial charge < -0.3 is 25.5 Å². The molecule has 1 fully saturated rings. The lowest BCUT2D eigenvalue weighted by Crippen LogP contribution is -2.43. The van der Waals surface area contributed by atoms with E-state index in [1.165, 1.54) is 49.4 Å². The molecule has 1 heterocycles. The first-order valence-electron chi connectivity index (χ1n) is 13.7. The summed E-state index contributed by atoms with van der Waals surface area (Å²) in [6, 6.07) is 0.510. The summed E-state index contributed by atoms with van der Waals surface area (Å²) in [4.78, 5) is 38.0. The molecule has 9 heteroatoms. The van der Waals surface area contributed by atoms with Crippen molar-refractivity contribution in [2.24, 2.45) is 5.92 Å². The van der Waals surface area contributed by atoms with E-state index in [-0.39, 0.29) is 43.5 Å². The van der Waals surface area contributed by atoms with Gasteiger partial charge in [0.05, 0.1) is 19.2 Å². The number of hydrogen-bond donors (Lipinski definition) is 3. The Kier molecular flexibility index (Phi) is 29.6. The predicted octanol–water partition coefficient (Wildman–Crippen LogP) is 3.94. The van der Waals surface area contributed by atoms with Crippen LogP contribution in [0.15, 0.2) is 11.6 Å². The van der Waals surface area contributed by atoms with Crippen LogP contribution in [0.4, 0.5) is 0 Å². The number of rotatable bonds is 11. The van der Waals surface area contributed by atoms with Crippen LogP contribution >= 0.6 is 11.8 Å². The van der Waals surface area contributed by atoms with Gasteiger partial charge in [-0.2, -0.15) is 11.8 Å². The van der Waals surface area contributed by atoms with E-state index in [1.807, 2.05) is 25.6 Å². The van der Waals surface area contributed by atoms with Gasteiger partial charge in [-0.1, -0.05) is 53.5 Å². The van der Waals surface area contributed by atoms with Crippen molar-refractivity contribution in [1.82, 2.24) is 20.4 Å². The zero-order chi connectivity index (χ0) is 29.2. The van der Waals surface area contributed by atoms with Gasteiger partial charge in [-0.05, 0) is 64.6 Å². The normalized spacial score (nSPS) is 14.1. The molecule has 0 aromatic heterocycles. The van der Waals surface area contributed by atoms with Crippen molar-refractivity contribution >= 4 is 30.0 Å². The average molecular weight is 547 g/mol. The number of nitrogens with one attached hydrogen (secondary N) is 2. The fourth-order valence-corrected chi connectivity index (χ4v) is 3.25. The molecule has 0 saturated carbocycles. The molecule has 1 atom stereocenters. The van der Waals surface area contributed by atoms with Crippen molar-refractivity contribution in [3.8, 4) is 0 Å². The number of aliphatic hydroxyl groups is 1. The van der Waals surface area contributed by atoms with Crippen molar-refractivity contribution in [1.29, 1.82) is 0 Å². The largest absolute Gasteiger partial charge is 0.395 e. The molecule has 0 radical (unpaired) electrons. The second-order valence-electron chi connectivity index (χ2n) is 9.54. The van der Waals surface area contributed by atoms with Gasteiger partial charge in [-0.3, -0.25) is 14.4 Å². The highest BCUT2D eigenvalue weighted by atomic mass is 32.2. The summed E-state index contributed by atoms with van der Waals surface area (Å²) in [5.74, 6) is 0.831. The molecule has 8 nitrogen and oxygen atoms in total. The number of amides is 3. The van der Waals surface area contributed by atoms with E-state index in [0.717, 1.165) is 6.04 Å². The number of hydrogen-bond acceptors (Lipinski definition) is 6. The molecule has 0 aromatic rings. The van der Waals surface area contributed by atoms with Crippen LogP contribution in [0.1, 0.15) is 81.1 Å². The lowest BCUT2D eigenvalue weighted by Gasteiger charge is -2.29. The molecule has 37 heavy (non-hydrogen) atoms. The smallest absolute Gasteiger partial charge is 0.246 e. The first-order valence-corrected chi connectivity index (χ1v) is 15.1. The molecule has 1 saturated heterocycles. The quantitative estimate of drug-likeness (QED) is 0.268. The van der Waals surface area contributed by atoms with Gasteiger partial charge in [0.2, 0.25) is 18.2 Å². The number of nitrogens with zero attached hydrogens (tertiary/aromatic N) is 2. The lowest BCUT2D eigenvalue weighted by atomic mass is 10.00. The topological polar surface area (TPSA) is 102 Å². The maximum Gasteiger partial charge on any atom is 0.246 e. The molecule has 0 aromatic carbocycles. The number of likely N-dealkylation sites (N-methyl/N-ethyl adjacent to an activating group) is 1. The third-order valence-corrected chi connectivity index (χ3v) is 6.02. The Balaban J connectivity index is -0.000000585. The molecule has 220 valence electrons. The van der Waals surface area contributed by atoms with Crippen molar-refractivity contribution in [3.05, 3.63) is 11.6 Å². The van der Waals surface area contributed by atoms with E-state index in [9.17, 15) is 14.4 Å². The van der Waals surface area contributed by atoms with Crippen LogP contribution in [0.5, 0.6) is 0 Å². The van der Waals surface area contributed by atoms with Gasteiger partial charge in [0, 0.05) is 25.2 Å². The third-order valence-electron chi connectivity index (χ3n) is 5.45. The maximum absolute atomic E-state index is 11.9. The summed E-state index contributed by atoms with van der Waals surface area (Å²) >= 11 is 1.86. The van der Waals surface area contributed by atoms with E-state index in [2.05, 4.69) is 56.4 Å². The minimum atomic E-state index is -0.276. The molecular weight excluding hydrogens is 488 g/mol. The standard InChI is InChI=1S/C14H25N3O4.C8H17N.C3H8S.C3H8/c1-10(2)12(17(4)13(20)8-15-9-19)7-11(3)14(21)16-5-6-18;1-8(2)9-6-4-3-5-7-9;1-3-4-2;1-3-2/h7,9-10,12,18H,5-6,8H2,1-4H3,(H,15,19)(H,16,21);8H,3-7H2,1-2H3;3H2,1-2H3;3H2,1-2H3/b11-7+;;;/t12-;;;/m1.../s1. The molecule has 0 unspecified atom stereocenters. The van der Waals surface area contributed by atoms with Crippen molar-refractivity contribution in [2.45, 2.75) is 93.2 Å². The summed E-state index contributed by atoms with van der Waals surface area (Å²) in [5.41, 5.74) is 0.477. The predicted molar refractivity (Wildman–Crippen MR) is 160 cm³/mol. The molecule has 0 bridgehead atoms. The van der Waals surface area contributed by atoms with Crippen LogP contribution in [0.3, 0.4) is 0 Å². The fraction of sp³-hybridized carbons (Fsp3) is 0.821. The molecule has 3 amide bonds. The van der Waals surface area contributed by atoms with Crippen LogP contribution in [-0.2, 0) is 14.4 Å². The highest BCUT2D eigenvalue weighted by molar-refractivity contribution is 7.98. The first kappa shape index (κ1) is 39.9. The highest BCUT2D eigenvalue weighted by Crippen LogP contribution is 2.13.